The fraction of sp³-hybridized carbons (Fsp3) is 0.200. The number of ketones is 1. The van der Waals surface area contributed by atoms with Crippen LogP contribution in [0.2, 0.25) is 5.02 Å². The minimum Gasteiger partial charge on any atom is -0.379 e. The number of aliphatic imine (C=N–C) groups is 1. The Morgan fingerprint density at radius 2 is 2.27 bits per heavy atom. The number of Topliss-reactive ketones (excluding diaryl/α,β-unsaturated/α-hetero) is 1. The number of benzene rings is 1. The van der Waals surface area contributed by atoms with E-state index in [2.05, 4.69) is 4.99 Å². The van der Waals surface area contributed by atoms with Gasteiger partial charge in [0, 0.05) is 11.3 Å². The number of carbonyl (C=O) groups excluding carboxylic acids is 1. The molecule has 1 atom stereocenters. The van der Waals surface area contributed by atoms with Gasteiger partial charge in [-0.2, -0.15) is 0 Å². The average Bonchev–Trinajstić information content (AvgIpc) is 2.65. The number of halogens is 1. The largest absolute Gasteiger partial charge is 0.379 e. The minimum absolute atomic E-state index is 0.0615. The predicted molar refractivity (Wildman–Crippen MR) is 63.7 cm³/mol. The van der Waals surface area contributed by atoms with Crippen molar-refractivity contribution in [3.05, 3.63) is 34.9 Å². The van der Waals surface area contributed by atoms with E-state index in [1.807, 2.05) is 0 Å². The fourth-order valence-corrected chi connectivity index (χ4v) is 2.35. The molecule has 0 aliphatic carbocycles. The Hall–Kier alpha value is -1.000. The third kappa shape index (κ3) is 2.16. The van der Waals surface area contributed by atoms with Crippen LogP contribution in [0.1, 0.15) is 10.4 Å². The number of thioether (sulfide) groups is 1. The molecule has 0 saturated heterocycles. The first-order valence-corrected chi connectivity index (χ1v) is 5.79. The summed E-state index contributed by atoms with van der Waals surface area (Å²) in [7, 11) is 0. The topological polar surface area (TPSA) is 55.4 Å². The minimum atomic E-state index is -0.380. The summed E-state index contributed by atoms with van der Waals surface area (Å²) < 4.78 is 0. The van der Waals surface area contributed by atoms with Crippen LogP contribution >= 0.6 is 23.4 Å². The van der Waals surface area contributed by atoms with Crippen molar-refractivity contribution in [2.75, 3.05) is 5.75 Å². The molecule has 15 heavy (non-hydrogen) atoms. The molecule has 0 radical (unpaired) electrons. The standard InChI is InChI=1S/C10H9ClN2OS/c11-7-4-2-1-3-6(7)9(14)8-5-15-10(12)13-8/h1-4,8H,5H2,(H2,12,13). The average molecular weight is 241 g/mol. The smallest absolute Gasteiger partial charge is 0.189 e. The summed E-state index contributed by atoms with van der Waals surface area (Å²) in [5, 5.41) is 0.938. The Bertz CT molecular complexity index is 433. The molecule has 3 nitrogen and oxygen atoms in total. The molecular weight excluding hydrogens is 232 g/mol. The number of hydrogen-bond acceptors (Lipinski definition) is 4. The summed E-state index contributed by atoms with van der Waals surface area (Å²) in [6.07, 6.45) is 0. The van der Waals surface area contributed by atoms with E-state index in [1.54, 1.807) is 24.3 Å². The first kappa shape index (κ1) is 10.5. The van der Waals surface area contributed by atoms with Crippen LogP contribution in [0.3, 0.4) is 0 Å². The van der Waals surface area contributed by atoms with Crippen molar-refractivity contribution in [1.29, 1.82) is 0 Å². The number of carbonyl (C=O) groups is 1. The van der Waals surface area contributed by atoms with Crippen LogP contribution in [0.4, 0.5) is 0 Å². The molecule has 0 aromatic heterocycles. The molecule has 1 aliphatic rings. The Morgan fingerprint density at radius 1 is 1.53 bits per heavy atom. The molecule has 1 aromatic rings. The van der Waals surface area contributed by atoms with Crippen LogP contribution in [0.15, 0.2) is 29.3 Å². The quantitative estimate of drug-likeness (QED) is 0.804. The Balaban J connectivity index is 2.26. The van der Waals surface area contributed by atoms with Gasteiger partial charge in [-0.15, -0.1) is 0 Å². The van der Waals surface area contributed by atoms with Crippen LogP contribution in [-0.2, 0) is 0 Å². The lowest BCUT2D eigenvalue weighted by Gasteiger charge is -2.06. The fourth-order valence-electron chi connectivity index (χ4n) is 1.37. The lowest BCUT2D eigenvalue weighted by Crippen LogP contribution is -2.19. The van der Waals surface area contributed by atoms with Crippen LogP contribution in [-0.4, -0.2) is 22.7 Å². The highest BCUT2D eigenvalue weighted by Crippen LogP contribution is 2.22. The molecule has 2 N–H and O–H groups in total. The lowest BCUT2D eigenvalue weighted by atomic mass is 10.1. The zero-order valence-corrected chi connectivity index (χ0v) is 9.39. The molecule has 2 rings (SSSR count). The molecule has 1 unspecified atom stereocenters. The molecule has 0 amide bonds. The van der Waals surface area contributed by atoms with E-state index in [0.717, 1.165) is 0 Å². The van der Waals surface area contributed by atoms with Crippen molar-refractivity contribution in [1.82, 2.24) is 0 Å². The highest BCUT2D eigenvalue weighted by atomic mass is 35.5. The van der Waals surface area contributed by atoms with Gasteiger partial charge in [0.15, 0.2) is 11.0 Å². The van der Waals surface area contributed by atoms with Crippen molar-refractivity contribution in [3.8, 4) is 0 Å². The van der Waals surface area contributed by atoms with E-state index in [0.29, 0.717) is 21.5 Å². The SMILES string of the molecule is NC1=NC(C(=O)c2ccccc2Cl)CS1. The molecular formula is C10H9ClN2OS. The molecule has 5 heteroatoms. The van der Waals surface area contributed by atoms with Gasteiger partial charge in [-0.25, -0.2) is 0 Å². The van der Waals surface area contributed by atoms with E-state index in [-0.39, 0.29) is 11.8 Å². The van der Waals surface area contributed by atoms with Crippen LogP contribution in [0.5, 0.6) is 0 Å². The van der Waals surface area contributed by atoms with E-state index in [9.17, 15) is 4.79 Å². The number of nitrogens with two attached hydrogens (primary N) is 1. The summed E-state index contributed by atoms with van der Waals surface area (Å²) in [4.78, 5) is 16.0. The lowest BCUT2D eigenvalue weighted by molar-refractivity contribution is 0.0972. The molecule has 1 aliphatic heterocycles. The van der Waals surface area contributed by atoms with Crippen molar-refractivity contribution in [2.24, 2.45) is 10.7 Å². The Labute approximate surface area is 96.7 Å². The molecule has 0 fully saturated rings. The zero-order chi connectivity index (χ0) is 10.8. The molecule has 1 heterocycles. The summed E-state index contributed by atoms with van der Waals surface area (Å²) in [5.41, 5.74) is 6.02. The third-order valence-electron chi connectivity index (χ3n) is 2.11. The van der Waals surface area contributed by atoms with Gasteiger partial charge in [-0.05, 0) is 12.1 Å². The van der Waals surface area contributed by atoms with Gasteiger partial charge in [-0.3, -0.25) is 9.79 Å². The van der Waals surface area contributed by atoms with Crippen LogP contribution in [0.25, 0.3) is 0 Å². The molecule has 1 aromatic carbocycles. The Kier molecular flexibility index (Phi) is 2.98. The second kappa shape index (κ2) is 4.24. The normalized spacial score (nSPS) is 20.1. The summed E-state index contributed by atoms with van der Waals surface area (Å²) in [5.74, 6) is 0.546. The van der Waals surface area contributed by atoms with Crippen molar-refractivity contribution in [3.63, 3.8) is 0 Å². The second-order valence-electron chi connectivity index (χ2n) is 3.14. The van der Waals surface area contributed by atoms with Crippen molar-refractivity contribution in [2.45, 2.75) is 6.04 Å². The van der Waals surface area contributed by atoms with Crippen molar-refractivity contribution >= 4 is 34.3 Å². The summed E-state index contributed by atoms with van der Waals surface area (Å²) >= 11 is 7.32. The van der Waals surface area contributed by atoms with Gasteiger partial charge in [-0.1, -0.05) is 35.5 Å². The highest BCUT2D eigenvalue weighted by Gasteiger charge is 2.25. The molecule has 78 valence electrons. The van der Waals surface area contributed by atoms with Gasteiger partial charge >= 0.3 is 0 Å². The van der Waals surface area contributed by atoms with Crippen LogP contribution < -0.4 is 5.73 Å². The monoisotopic (exact) mass is 240 g/mol. The van der Waals surface area contributed by atoms with Gasteiger partial charge in [0.05, 0.1) is 5.02 Å². The van der Waals surface area contributed by atoms with Crippen LogP contribution in [0, 0.1) is 0 Å². The van der Waals surface area contributed by atoms with Gasteiger partial charge in [0.1, 0.15) is 6.04 Å². The highest BCUT2D eigenvalue weighted by molar-refractivity contribution is 8.14. The van der Waals surface area contributed by atoms with Gasteiger partial charge < -0.3 is 5.73 Å². The van der Waals surface area contributed by atoms with Gasteiger partial charge in [0.2, 0.25) is 0 Å². The molecule has 0 spiro atoms. The maximum absolute atomic E-state index is 12.0. The van der Waals surface area contributed by atoms with E-state index in [1.165, 1.54) is 11.8 Å². The van der Waals surface area contributed by atoms with Gasteiger partial charge in [0.25, 0.3) is 0 Å². The summed E-state index contributed by atoms with van der Waals surface area (Å²) in [6.45, 7) is 0. The van der Waals surface area contributed by atoms with E-state index < -0.39 is 0 Å². The number of hydrogen-bond donors (Lipinski definition) is 1. The Morgan fingerprint density at radius 3 is 2.87 bits per heavy atom. The third-order valence-corrected chi connectivity index (χ3v) is 3.33. The van der Waals surface area contributed by atoms with E-state index >= 15 is 0 Å². The van der Waals surface area contributed by atoms with Crippen molar-refractivity contribution < 1.29 is 4.79 Å². The number of nitrogens with zero attached hydrogens (tertiary/aromatic N) is 1. The zero-order valence-electron chi connectivity index (χ0n) is 7.81. The predicted octanol–water partition coefficient (Wildman–Crippen LogP) is 1.95. The first-order valence-electron chi connectivity index (χ1n) is 4.43. The number of amidine groups is 1. The maximum atomic E-state index is 12.0. The number of rotatable bonds is 2. The first-order chi connectivity index (χ1) is 7.18. The maximum Gasteiger partial charge on any atom is 0.189 e. The second-order valence-corrected chi connectivity index (χ2v) is 4.59. The summed E-state index contributed by atoms with van der Waals surface area (Å²) in [6, 6.07) is 6.60. The molecule has 0 bridgehead atoms. The van der Waals surface area contributed by atoms with E-state index in [4.69, 9.17) is 17.3 Å². The molecule has 0 saturated carbocycles.